The summed E-state index contributed by atoms with van der Waals surface area (Å²) in [6, 6.07) is 5.90. The zero-order valence-electron chi connectivity index (χ0n) is 11.4. The van der Waals surface area contributed by atoms with Crippen LogP contribution in [0.15, 0.2) is 34.9 Å². The number of nitrogens with zero attached hydrogens (tertiary/aromatic N) is 2. The Balaban J connectivity index is 1.64. The Morgan fingerprint density at radius 3 is 3.23 bits per heavy atom. The maximum absolute atomic E-state index is 6.20. The summed E-state index contributed by atoms with van der Waals surface area (Å²) in [4.78, 5) is 9.67. The van der Waals surface area contributed by atoms with Crippen LogP contribution < -0.4 is 4.74 Å². The van der Waals surface area contributed by atoms with E-state index in [4.69, 9.17) is 21.1 Å². The average molecular weight is 351 g/mol. The molecule has 0 saturated heterocycles. The van der Waals surface area contributed by atoms with Gasteiger partial charge in [-0.3, -0.25) is 0 Å². The van der Waals surface area contributed by atoms with Gasteiger partial charge in [0.25, 0.3) is 0 Å². The van der Waals surface area contributed by atoms with Crippen LogP contribution in [0, 0.1) is 0 Å². The van der Waals surface area contributed by atoms with E-state index >= 15 is 0 Å². The summed E-state index contributed by atoms with van der Waals surface area (Å²) >= 11 is 9.48. The molecule has 22 heavy (non-hydrogen) atoms. The third-order valence-corrected chi connectivity index (χ3v) is 5.43. The highest BCUT2D eigenvalue weighted by molar-refractivity contribution is 7.98. The lowest BCUT2D eigenvalue weighted by Crippen LogP contribution is -2.12. The maximum atomic E-state index is 6.20. The van der Waals surface area contributed by atoms with Crippen molar-refractivity contribution in [2.24, 2.45) is 0 Å². The molecule has 1 aliphatic heterocycles. The first-order chi connectivity index (χ1) is 10.8. The molecule has 0 spiro atoms. The molecule has 1 aliphatic rings. The Morgan fingerprint density at radius 1 is 1.32 bits per heavy atom. The molecule has 0 fully saturated rings. The van der Waals surface area contributed by atoms with Crippen molar-refractivity contribution in [2.45, 2.75) is 17.4 Å². The molecule has 0 amide bonds. The second-order valence-electron chi connectivity index (χ2n) is 4.77. The molecular weight excluding hydrogens is 340 g/mol. The quantitative estimate of drug-likeness (QED) is 0.514. The van der Waals surface area contributed by atoms with E-state index in [1.807, 2.05) is 17.5 Å². The molecule has 4 rings (SSSR count). The van der Waals surface area contributed by atoms with Gasteiger partial charge in [0.2, 0.25) is 0 Å². The molecule has 1 aromatic carbocycles. The highest BCUT2D eigenvalue weighted by Crippen LogP contribution is 2.36. The molecule has 0 radical (unpaired) electrons. The molecule has 0 bridgehead atoms. The first-order valence-electron chi connectivity index (χ1n) is 6.64. The van der Waals surface area contributed by atoms with Crippen LogP contribution >= 0.6 is 34.7 Å². The zero-order chi connectivity index (χ0) is 14.9. The van der Waals surface area contributed by atoms with Crippen molar-refractivity contribution in [2.75, 3.05) is 6.79 Å². The van der Waals surface area contributed by atoms with Gasteiger partial charge in [0, 0.05) is 27.3 Å². The van der Waals surface area contributed by atoms with E-state index in [-0.39, 0.29) is 6.79 Å². The van der Waals surface area contributed by atoms with Gasteiger partial charge in [-0.05, 0) is 23.6 Å². The number of benzene rings is 1. The van der Waals surface area contributed by atoms with E-state index in [2.05, 4.69) is 16.0 Å². The van der Waals surface area contributed by atoms with Crippen LogP contribution in [0.25, 0.3) is 10.2 Å². The molecule has 0 saturated carbocycles. The number of rotatable bonds is 3. The van der Waals surface area contributed by atoms with E-state index in [1.54, 1.807) is 29.4 Å². The zero-order valence-corrected chi connectivity index (χ0v) is 13.8. The molecule has 0 aliphatic carbocycles. The second kappa shape index (κ2) is 6.04. The molecular formula is C15H11ClN2O2S2. The lowest BCUT2D eigenvalue weighted by atomic mass is 10.1. The minimum absolute atomic E-state index is 0.286. The summed E-state index contributed by atoms with van der Waals surface area (Å²) in [6.07, 6.45) is 1.61. The molecule has 7 heteroatoms. The highest BCUT2D eigenvalue weighted by atomic mass is 35.5. The summed E-state index contributed by atoms with van der Waals surface area (Å²) in [5.41, 5.74) is 2.07. The fraction of sp³-hybridized carbons (Fsp3) is 0.200. The highest BCUT2D eigenvalue weighted by Gasteiger charge is 2.17. The number of thiophene rings is 1. The predicted octanol–water partition coefficient (Wildman–Crippen LogP) is 4.50. The summed E-state index contributed by atoms with van der Waals surface area (Å²) in [7, 11) is 0. The van der Waals surface area contributed by atoms with Crippen LogP contribution in [0.3, 0.4) is 0 Å². The third kappa shape index (κ3) is 2.67. The van der Waals surface area contributed by atoms with Gasteiger partial charge >= 0.3 is 0 Å². The van der Waals surface area contributed by atoms with Crippen molar-refractivity contribution in [1.29, 1.82) is 0 Å². The van der Waals surface area contributed by atoms with Gasteiger partial charge in [-0.25, -0.2) is 9.97 Å². The van der Waals surface area contributed by atoms with Gasteiger partial charge < -0.3 is 9.47 Å². The number of aromatic nitrogens is 2. The second-order valence-corrected chi connectivity index (χ2v) is 7.07. The molecule has 4 nitrogen and oxygen atoms in total. The largest absolute Gasteiger partial charge is 0.467 e. The monoisotopic (exact) mass is 350 g/mol. The molecule has 2 aromatic heterocycles. The van der Waals surface area contributed by atoms with Crippen LogP contribution in [0.1, 0.15) is 11.1 Å². The van der Waals surface area contributed by atoms with E-state index in [0.29, 0.717) is 11.6 Å². The minimum atomic E-state index is 0.286. The lowest BCUT2D eigenvalue weighted by Gasteiger charge is -2.21. The van der Waals surface area contributed by atoms with Gasteiger partial charge in [-0.1, -0.05) is 11.6 Å². The molecule has 112 valence electrons. The van der Waals surface area contributed by atoms with Crippen LogP contribution in [0.4, 0.5) is 0 Å². The molecule has 3 aromatic rings. The van der Waals surface area contributed by atoms with Crippen LogP contribution in [-0.4, -0.2) is 16.8 Å². The first-order valence-corrected chi connectivity index (χ1v) is 8.88. The Kier molecular flexibility index (Phi) is 3.92. The van der Waals surface area contributed by atoms with Crippen molar-refractivity contribution < 1.29 is 9.47 Å². The number of hydrogen-bond donors (Lipinski definition) is 0. The van der Waals surface area contributed by atoms with E-state index in [0.717, 1.165) is 37.9 Å². The van der Waals surface area contributed by atoms with Crippen LogP contribution in [0.2, 0.25) is 5.02 Å². The maximum Gasteiger partial charge on any atom is 0.189 e. The van der Waals surface area contributed by atoms with Crippen molar-refractivity contribution in [1.82, 2.24) is 9.97 Å². The molecule has 3 heterocycles. The van der Waals surface area contributed by atoms with Crippen molar-refractivity contribution in [3.8, 4) is 5.75 Å². The fourth-order valence-corrected chi connectivity index (χ4v) is 4.40. The van der Waals surface area contributed by atoms with E-state index < -0.39 is 0 Å². The number of ether oxygens (including phenoxy) is 2. The molecule has 0 N–H and O–H groups in total. The Labute approximate surface area is 140 Å². The Hall–Kier alpha value is -1.34. The summed E-state index contributed by atoms with van der Waals surface area (Å²) in [5, 5.41) is 4.81. The smallest absolute Gasteiger partial charge is 0.189 e. The van der Waals surface area contributed by atoms with Gasteiger partial charge in [-0.15, -0.1) is 23.1 Å². The Bertz CT molecular complexity index is 838. The molecule has 0 atom stereocenters. The van der Waals surface area contributed by atoms with Crippen LogP contribution in [-0.2, 0) is 17.1 Å². The molecule has 0 unspecified atom stereocenters. The van der Waals surface area contributed by atoms with Crippen molar-refractivity contribution >= 4 is 44.9 Å². The van der Waals surface area contributed by atoms with Crippen molar-refractivity contribution in [3.05, 3.63) is 46.1 Å². The summed E-state index contributed by atoms with van der Waals surface area (Å²) < 4.78 is 11.0. The first kappa shape index (κ1) is 14.3. The summed E-state index contributed by atoms with van der Waals surface area (Å²) in [5.74, 6) is 1.63. The third-order valence-electron chi connectivity index (χ3n) is 3.34. The summed E-state index contributed by atoms with van der Waals surface area (Å²) in [6.45, 7) is 0.824. The number of hydrogen-bond acceptors (Lipinski definition) is 6. The van der Waals surface area contributed by atoms with Gasteiger partial charge in [0.05, 0.1) is 6.61 Å². The van der Waals surface area contributed by atoms with Gasteiger partial charge in [-0.2, -0.15) is 0 Å². The van der Waals surface area contributed by atoms with E-state index in [1.165, 1.54) is 0 Å². The number of thioether (sulfide) groups is 1. The number of fused-ring (bicyclic) bond motifs is 2. The topological polar surface area (TPSA) is 44.2 Å². The Morgan fingerprint density at radius 2 is 2.27 bits per heavy atom. The van der Waals surface area contributed by atoms with Gasteiger partial charge in [0.1, 0.15) is 21.9 Å². The normalized spacial score (nSPS) is 13.9. The fourth-order valence-electron chi connectivity index (χ4n) is 2.39. The predicted molar refractivity (Wildman–Crippen MR) is 88.7 cm³/mol. The average Bonchev–Trinajstić information content (AvgIpc) is 3.01. The van der Waals surface area contributed by atoms with Gasteiger partial charge in [0.15, 0.2) is 6.79 Å². The van der Waals surface area contributed by atoms with Crippen LogP contribution in [0.5, 0.6) is 5.75 Å². The lowest BCUT2D eigenvalue weighted by molar-refractivity contribution is -0.0168. The minimum Gasteiger partial charge on any atom is -0.467 e. The number of halogens is 1. The van der Waals surface area contributed by atoms with Crippen molar-refractivity contribution in [3.63, 3.8) is 0 Å². The van der Waals surface area contributed by atoms with E-state index in [9.17, 15) is 0 Å². The standard InChI is InChI=1S/C15H11ClN2O2S2/c16-11-3-9-5-19-8-20-13(9)10(4-11)6-22-15-12-1-2-21-14(12)17-7-18-15/h1-4,7H,5-6,8H2. The SMILES string of the molecule is Clc1cc2c(c(CSc3ncnc4sccc34)c1)OCOC2.